The van der Waals surface area contributed by atoms with E-state index in [4.69, 9.17) is 11.5 Å². The van der Waals surface area contributed by atoms with Crippen molar-refractivity contribution in [1.82, 2.24) is 0 Å². The maximum absolute atomic E-state index is 9.82. The van der Waals surface area contributed by atoms with Crippen molar-refractivity contribution in [2.24, 2.45) is 11.7 Å². The van der Waals surface area contributed by atoms with Crippen LogP contribution in [-0.2, 0) is 0 Å². The Morgan fingerprint density at radius 1 is 1.40 bits per heavy atom. The van der Waals surface area contributed by atoms with Crippen LogP contribution in [0.25, 0.3) is 0 Å². The molecule has 5 N–H and O–H groups in total. The molecule has 1 aliphatic carbocycles. The zero-order chi connectivity index (χ0) is 10.3. The maximum Gasteiger partial charge on any atom is 0.143 e. The number of anilines is 1. The molecule has 3 nitrogen and oxygen atoms in total. The Labute approximate surface area is 95.9 Å². The second-order valence-corrected chi connectivity index (χ2v) is 4.10. The summed E-state index contributed by atoms with van der Waals surface area (Å²) in [4.78, 5) is 0. The number of aromatic hydroxyl groups is 1. The number of phenolic OH excluding ortho intramolecular Hbond substituents is 1. The van der Waals surface area contributed by atoms with Crippen LogP contribution < -0.4 is 11.5 Å². The van der Waals surface area contributed by atoms with Crippen molar-refractivity contribution in [3.05, 3.63) is 23.3 Å². The first kappa shape index (κ1) is 12.1. The highest BCUT2D eigenvalue weighted by Crippen LogP contribution is 2.44. The molecule has 0 radical (unpaired) electrons. The molecule has 0 unspecified atom stereocenters. The minimum absolute atomic E-state index is 0. The van der Waals surface area contributed by atoms with Gasteiger partial charge in [0.2, 0.25) is 0 Å². The molecule has 0 aromatic heterocycles. The zero-order valence-corrected chi connectivity index (χ0v) is 9.55. The molecule has 0 heterocycles. The van der Waals surface area contributed by atoms with Gasteiger partial charge in [0.15, 0.2) is 0 Å². The number of hydrogen-bond donors (Lipinski definition) is 3. The number of halogens is 1. The molecule has 0 spiro atoms. The summed E-state index contributed by atoms with van der Waals surface area (Å²) in [5.74, 6) is 0.700. The van der Waals surface area contributed by atoms with Crippen LogP contribution in [0.5, 0.6) is 5.75 Å². The van der Waals surface area contributed by atoms with Crippen LogP contribution in [0.1, 0.15) is 30.0 Å². The molecule has 1 aromatic rings. The van der Waals surface area contributed by atoms with E-state index in [9.17, 15) is 5.11 Å². The molecule has 1 atom stereocenters. The SMILES string of the molecule is Cc1ccc(N)c(O)c1[C@@H](N)C1CC1.Cl. The van der Waals surface area contributed by atoms with Crippen LogP contribution in [-0.4, -0.2) is 5.11 Å². The number of nitrogens with two attached hydrogens (primary N) is 2. The van der Waals surface area contributed by atoms with Crippen LogP contribution >= 0.6 is 12.4 Å². The molecular formula is C11H17ClN2O. The first-order valence-corrected chi connectivity index (χ1v) is 4.94. The second-order valence-electron chi connectivity index (χ2n) is 4.10. The van der Waals surface area contributed by atoms with Crippen molar-refractivity contribution in [1.29, 1.82) is 0 Å². The Hall–Kier alpha value is -0.930. The van der Waals surface area contributed by atoms with E-state index in [-0.39, 0.29) is 24.2 Å². The summed E-state index contributed by atoms with van der Waals surface area (Å²) >= 11 is 0. The lowest BCUT2D eigenvalue weighted by Crippen LogP contribution is -2.14. The van der Waals surface area contributed by atoms with Gasteiger partial charge in [0.05, 0.1) is 5.69 Å². The Balaban J connectivity index is 0.00000112. The van der Waals surface area contributed by atoms with Gasteiger partial charge in [-0.25, -0.2) is 0 Å². The average Bonchev–Trinajstić information content (AvgIpc) is 2.95. The second kappa shape index (κ2) is 4.29. The van der Waals surface area contributed by atoms with Crippen molar-refractivity contribution >= 4 is 18.1 Å². The van der Waals surface area contributed by atoms with Gasteiger partial charge in [-0.1, -0.05) is 6.07 Å². The molecule has 0 aliphatic heterocycles. The fraction of sp³-hybridized carbons (Fsp3) is 0.455. The lowest BCUT2D eigenvalue weighted by Gasteiger charge is -2.16. The third-order valence-corrected chi connectivity index (χ3v) is 2.93. The first-order chi connectivity index (χ1) is 6.61. The first-order valence-electron chi connectivity index (χ1n) is 4.94. The van der Waals surface area contributed by atoms with Gasteiger partial charge >= 0.3 is 0 Å². The smallest absolute Gasteiger partial charge is 0.143 e. The van der Waals surface area contributed by atoms with Crippen LogP contribution in [0.2, 0.25) is 0 Å². The summed E-state index contributed by atoms with van der Waals surface area (Å²) in [6.07, 6.45) is 2.32. The van der Waals surface area contributed by atoms with Gasteiger partial charge in [0.1, 0.15) is 5.75 Å². The molecule has 1 aromatic carbocycles. The number of phenols is 1. The van der Waals surface area contributed by atoms with Gasteiger partial charge in [-0.15, -0.1) is 12.4 Å². The van der Waals surface area contributed by atoms with E-state index >= 15 is 0 Å². The highest BCUT2D eigenvalue weighted by atomic mass is 35.5. The number of benzene rings is 1. The summed E-state index contributed by atoms with van der Waals surface area (Å²) < 4.78 is 0. The topological polar surface area (TPSA) is 72.3 Å². The van der Waals surface area contributed by atoms with Gasteiger partial charge in [0, 0.05) is 11.6 Å². The quantitative estimate of drug-likeness (QED) is 0.536. The predicted octanol–water partition coefficient (Wildman–Crippen LogP) is 2.11. The monoisotopic (exact) mass is 228 g/mol. The van der Waals surface area contributed by atoms with Gasteiger partial charge < -0.3 is 16.6 Å². The van der Waals surface area contributed by atoms with E-state index in [1.54, 1.807) is 6.07 Å². The van der Waals surface area contributed by atoms with Crippen molar-refractivity contribution < 1.29 is 5.11 Å². The molecule has 1 aliphatic rings. The summed E-state index contributed by atoms with van der Waals surface area (Å²) in [6.45, 7) is 1.96. The number of rotatable bonds is 2. The van der Waals surface area contributed by atoms with E-state index in [2.05, 4.69) is 0 Å². The third-order valence-electron chi connectivity index (χ3n) is 2.93. The highest BCUT2D eigenvalue weighted by molar-refractivity contribution is 5.85. The van der Waals surface area contributed by atoms with Crippen LogP contribution in [0.15, 0.2) is 12.1 Å². The lowest BCUT2D eigenvalue weighted by molar-refractivity contribution is 0.457. The van der Waals surface area contributed by atoms with Crippen LogP contribution in [0.4, 0.5) is 5.69 Å². The Morgan fingerprint density at radius 2 is 2.00 bits per heavy atom. The van der Waals surface area contributed by atoms with E-state index in [1.807, 2.05) is 13.0 Å². The zero-order valence-electron chi connectivity index (χ0n) is 8.73. The normalized spacial score (nSPS) is 16.9. The predicted molar refractivity (Wildman–Crippen MR) is 64.2 cm³/mol. The molecule has 15 heavy (non-hydrogen) atoms. The molecule has 0 saturated heterocycles. The van der Waals surface area contributed by atoms with E-state index in [0.717, 1.165) is 24.0 Å². The molecule has 0 amide bonds. The van der Waals surface area contributed by atoms with E-state index in [1.165, 1.54) is 0 Å². The van der Waals surface area contributed by atoms with Crippen molar-refractivity contribution in [3.63, 3.8) is 0 Å². The Bertz CT molecular complexity index is 364. The molecule has 2 rings (SSSR count). The number of aryl methyl sites for hydroxylation is 1. The van der Waals surface area contributed by atoms with Crippen LogP contribution in [0.3, 0.4) is 0 Å². The van der Waals surface area contributed by atoms with Gasteiger partial charge in [-0.05, 0) is 37.3 Å². The summed E-state index contributed by atoms with van der Waals surface area (Å²) in [5.41, 5.74) is 14.0. The van der Waals surface area contributed by atoms with Crippen molar-refractivity contribution in [2.45, 2.75) is 25.8 Å². The highest BCUT2D eigenvalue weighted by Gasteiger charge is 2.32. The minimum Gasteiger partial charge on any atom is -0.505 e. The van der Waals surface area contributed by atoms with Gasteiger partial charge in [0.25, 0.3) is 0 Å². The molecule has 4 heteroatoms. The standard InChI is InChI=1S/C11H16N2O.ClH/c1-6-2-5-8(12)11(14)9(6)10(13)7-3-4-7;/h2,5,7,10,14H,3-4,12-13H2,1H3;1H/t10-;/m0./s1. The Morgan fingerprint density at radius 3 is 2.53 bits per heavy atom. The number of hydrogen-bond acceptors (Lipinski definition) is 3. The fourth-order valence-corrected chi connectivity index (χ4v) is 1.84. The minimum atomic E-state index is -0.0569. The number of nitrogen functional groups attached to an aromatic ring is 1. The van der Waals surface area contributed by atoms with E-state index in [0.29, 0.717) is 11.6 Å². The largest absolute Gasteiger partial charge is 0.505 e. The molecule has 1 saturated carbocycles. The summed E-state index contributed by atoms with van der Waals surface area (Å²) in [6, 6.07) is 3.57. The lowest BCUT2D eigenvalue weighted by atomic mass is 9.96. The summed E-state index contributed by atoms with van der Waals surface area (Å²) in [7, 11) is 0. The van der Waals surface area contributed by atoms with Crippen molar-refractivity contribution in [2.75, 3.05) is 5.73 Å². The molecule has 84 valence electrons. The fourth-order valence-electron chi connectivity index (χ4n) is 1.84. The van der Waals surface area contributed by atoms with E-state index < -0.39 is 0 Å². The molecule has 1 fully saturated rings. The molecule has 0 bridgehead atoms. The molecular weight excluding hydrogens is 212 g/mol. The summed E-state index contributed by atoms with van der Waals surface area (Å²) in [5, 5.41) is 9.82. The Kier molecular flexibility index (Phi) is 3.47. The maximum atomic E-state index is 9.82. The third kappa shape index (κ3) is 2.19. The average molecular weight is 229 g/mol. The van der Waals surface area contributed by atoms with Gasteiger partial charge in [-0.2, -0.15) is 0 Å². The van der Waals surface area contributed by atoms with Crippen molar-refractivity contribution in [3.8, 4) is 5.75 Å². The van der Waals surface area contributed by atoms with Gasteiger partial charge in [-0.3, -0.25) is 0 Å². The van der Waals surface area contributed by atoms with Crippen LogP contribution in [0, 0.1) is 12.8 Å².